The van der Waals surface area contributed by atoms with Crippen LogP contribution in [0, 0.1) is 5.92 Å². The Bertz CT molecular complexity index is 520. The van der Waals surface area contributed by atoms with Gasteiger partial charge in [-0.25, -0.2) is 0 Å². The molecule has 2 heterocycles. The molecule has 0 saturated carbocycles. The Balaban J connectivity index is 1.33. The number of amides is 1. The Morgan fingerprint density at radius 1 is 1.12 bits per heavy atom. The van der Waals surface area contributed by atoms with Gasteiger partial charge >= 0.3 is 0 Å². The summed E-state index contributed by atoms with van der Waals surface area (Å²) in [6.07, 6.45) is 6.61. The van der Waals surface area contributed by atoms with E-state index in [1.165, 1.54) is 25.7 Å². The molecule has 4 nitrogen and oxygen atoms in total. The third-order valence-electron chi connectivity index (χ3n) is 5.73. The largest absolute Gasteiger partial charge is 0.492 e. The van der Waals surface area contributed by atoms with Crippen molar-refractivity contribution in [2.75, 3.05) is 32.8 Å². The van der Waals surface area contributed by atoms with Crippen LogP contribution in [0.4, 0.5) is 0 Å². The molecular weight excluding hydrogens is 312 g/mol. The van der Waals surface area contributed by atoms with Crippen LogP contribution in [-0.4, -0.2) is 54.5 Å². The molecule has 1 atom stereocenters. The lowest BCUT2D eigenvalue weighted by Gasteiger charge is -2.36. The lowest BCUT2D eigenvalue weighted by Crippen LogP contribution is -2.43. The van der Waals surface area contributed by atoms with Gasteiger partial charge in [0.2, 0.25) is 5.91 Å². The second-order valence-corrected chi connectivity index (χ2v) is 7.58. The highest BCUT2D eigenvalue weighted by molar-refractivity contribution is 5.76. The van der Waals surface area contributed by atoms with Crippen LogP contribution < -0.4 is 4.74 Å². The Kier molecular flexibility index (Phi) is 6.74. The van der Waals surface area contributed by atoms with E-state index in [1.54, 1.807) is 0 Å². The Morgan fingerprint density at radius 3 is 2.48 bits per heavy atom. The molecular formula is C21H32N2O2. The molecule has 0 bridgehead atoms. The zero-order valence-corrected chi connectivity index (χ0v) is 15.5. The van der Waals surface area contributed by atoms with Gasteiger partial charge in [-0.2, -0.15) is 0 Å². The molecule has 4 heteroatoms. The van der Waals surface area contributed by atoms with Gasteiger partial charge in [-0.1, -0.05) is 18.2 Å². The standard InChI is InChI=1S/C21H32N2O2/c1-18(17-25-20-7-3-2-4-8-20)22-15-11-19(12-16-22)9-10-21(24)23-13-5-6-14-23/h2-4,7-8,18-19H,5-6,9-17H2,1H3/t18-/m1/s1. The van der Waals surface area contributed by atoms with Gasteiger partial charge in [0.1, 0.15) is 12.4 Å². The third kappa shape index (κ3) is 5.46. The van der Waals surface area contributed by atoms with Gasteiger partial charge < -0.3 is 9.64 Å². The van der Waals surface area contributed by atoms with E-state index in [0.29, 0.717) is 17.9 Å². The molecule has 3 rings (SSSR count). The number of hydrogen-bond donors (Lipinski definition) is 0. The maximum Gasteiger partial charge on any atom is 0.222 e. The van der Waals surface area contributed by atoms with E-state index in [-0.39, 0.29) is 0 Å². The van der Waals surface area contributed by atoms with Crippen LogP contribution in [0.1, 0.15) is 45.4 Å². The summed E-state index contributed by atoms with van der Waals surface area (Å²) in [5.74, 6) is 2.04. The summed E-state index contributed by atoms with van der Waals surface area (Å²) in [4.78, 5) is 16.8. The molecule has 1 amide bonds. The third-order valence-corrected chi connectivity index (χ3v) is 5.73. The monoisotopic (exact) mass is 344 g/mol. The predicted octanol–water partition coefficient (Wildman–Crippen LogP) is 3.57. The molecule has 0 spiro atoms. The minimum atomic E-state index is 0.379. The zero-order chi connectivity index (χ0) is 17.5. The number of benzene rings is 1. The average Bonchev–Trinajstić information content (AvgIpc) is 3.20. The predicted molar refractivity (Wildman–Crippen MR) is 101 cm³/mol. The number of carbonyl (C=O) groups excluding carboxylic acids is 1. The molecule has 2 aliphatic heterocycles. The first-order valence-electron chi connectivity index (χ1n) is 9.92. The van der Waals surface area contributed by atoms with E-state index in [4.69, 9.17) is 4.74 Å². The highest BCUT2D eigenvalue weighted by Crippen LogP contribution is 2.24. The summed E-state index contributed by atoms with van der Waals surface area (Å²) < 4.78 is 5.89. The highest BCUT2D eigenvalue weighted by atomic mass is 16.5. The first-order valence-corrected chi connectivity index (χ1v) is 9.92. The van der Waals surface area contributed by atoms with Crippen molar-refractivity contribution in [1.29, 1.82) is 0 Å². The van der Waals surface area contributed by atoms with Crippen molar-refractivity contribution in [1.82, 2.24) is 9.80 Å². The van der Waals surface area contributed by atoms with Crippen molar-refractivity contribution >= 4 is 5.91 Å². The van der Waals surface area contributed by atoms with Gasteiger partial charge in [0.15, 0.2) is 0 Å². The molecule has 0 radical (unpaired) electrons. The number of likely N-dealkylation sites (tertiary alicyclic amines) is 2. The SMILES string of the molecule is C[C@H](COc1ccccc1)N1CCC(CCC(=O)N2CCCC2)CC1. The normalized spacial score (nSPS) is 20.6. The first-order chi connectivity index (χ1) is 12.2. The maximum atomic E-state index is 12.2. The second kappa shape index (κ2) is 9.23. The van der Waals surface area contributed by atoms with E-state index < -0.39 is 0 Å². The van der Waals surface area contributed by atoms with Crippen molar-refractivity contribution in [3.8, 4) is 5.75 Å². The molecule has 2 saturated heterocycles. The van der Waals surface area contributed by atoms with Gasteiger partial charge in [-0.15, -0.1) is 0 Å². The lowest BCUT2D eigenvalue weighted by molar-refractivity contribution is -0.130. The smallest absolute Gasteiger partial charge is 0.222 e. The Hall–Kier alpha value is -1.55. The number of nitrogens with zero attached hydrogens (tertiary/aromatic N) is 2. The maximum absolute atomic E-state index is 12.2. The topological polar surface area (TPSA) is 32.8 Å². The molecule has 138 valence electrons. The van der Waals surface area contributed by atoms with Crippen LogP contribution >= 0.6 is 0 Å². The molecule has 2 fully saturated rings. The van der Waals surface area contributed by atoms with Crippen molar-refractivity contribution in [3.63, 3.8) is 0 Å². The van der Waals surface area contributed by atoms with Gasteiger partial charge in [0.25, 0.3) is 0 Å². The van der Waals surface area contributed by atoms with Crippen molar-refractivity contribution < 1.29 is 9.53 Å². The van der Waals surface area contributed by atoms with Crippen LogP contribution in [0.5, 0.6) is 5.75 Å². The minimum Gasteiger partial charge on any atom is -0.492 e. The summed E-state index contributed by atoms with van der Waals surface area (Å²) >= 11 is 0. The molecule has 2 aliphatic rings. The number of carbonyl (C=O) groups is 1. The fourth-order valence-electron chi connectivity index (χ4n) is 3.97. The number of piperidine rings is 1. The van der Waals surface area contributed by atoms with E-state index in [9.17, 15) is 4.79 Å². The van der Waals surface area contributed by atoms with E-state index in [0.717, 1.165) is 51.4 Å². The number of hydrogen-bond acceptors (Lipinski definition) is 3. The first kappa shape index (κ1) is 18.2. The van der Waals surface area contributed by atoms with Gasteiger partial charge in [-0.05, 0) is 70.2 Å². The van der Waals surface area contributed by atoms with Crippen LogP contribution in [0.2, 0.25) is 0 Å². The molecule has 1 aromatic rings. The van der Waals surface area contributed by atoms with Crippen molar-refractivity contribution in [2.24, 2.45) is 5.92 Å². The zero-order valence-electron chi connectivity index (χ0n) is 15.5. The number of rotatable bonds is 7. The summed E-state index contributed by atoms with van der Waals surface area (Å²) in [6.45, 7) is 7.21. The van der Waals surface area contributed by atoms with E-state index in [2.05, 4.69) is 16.7 Å². The van der Waals surface area contributed by atoms with Crippen molar-refractivity contribution in [2.45, 2.75) is 51.5 Å². The molecule has 25 heavy (non-hydrogen) atoms. The minimum absolute atomic E-state index is 0.379. The molecule has 0 N–H and O–H groups in total. The summed E-state index contributed by atoms with van der Waals surface area (Å²) in [7, 11) is 0. The lowest BCUT2D eigenvalue weighted by atomic mass is 9.91. The van der Waals surface area contributed by atoms with Gasteiger partial charge in [0.05, 0.1) is 0 Å². The molecule has 0 unspecified atom stereocenters. The molecule has 1 aromatic carbocycles. The van der Waals surface area contributed by atoms with Crippen LogP contribution in [0.15, 0.2) is 30.3 Å². The average molecular weight is 344 g/mol. The Morgan fingerprint density at radius 2 is 1.80 bits per heavy atom. The highest BCUT2D eigenvalue weighted by Gasteiger charge is 2.25. The quantitative estimate of drug-likeness (QED) is 0.758. The fraction of sp³-hybridized carbons (Fsp3) is 0.667. The molecule has 0 aromatic heterocycles. The summed E-state index contributed by atoms with van der Waals surface area (Å²) in [5.41, 5.74) is 0. The number of para-hydroxylation sites is 1. The van der Waals surface area contributed by atoms with Crippen LogP contribution in [-0.2, 0) is 4.79 Å². The summed E-state index contributed by atoms with van der Waals surface area (Å²) in [6, 6.07) is 10.5. The van der Waals surface area contributed by atoms with Crippen LogP contribution in [0.25, 0.3) is 0 Å². The second-order valence-electron chi connectivity index (χ2n) is 7.58. The summed E-state index contributed by atoms with van der Waals surface area (Å²) in [5, 5.41) is 0. The number of ether oxygens (including phenoxy) is 1. The van der Waals surface area contributed by atoms with Crippen molar-refractivity contribution in [3.05, 3.63) is 30.3 Å². The van der Waals surface area contributed by atoms with Crippen LogP contribution in [0.3, 0.4) is 0 Å². The van der Waals surface area contributed by atoms with E-state index in [1.807, 2.05) is 30.3 Å². The van der Waals surface area contributed by atoms with Gasteiger partial charge in [0, 0.05) is 25.6 Å². The molecule has 0 aliphatic carbocycles. The fourth-order valence-corrected chi connectivity index (χ4v) is 3.97. The van der Waals surface area contributed by atoms with Gasteiger partial charge in [-0.3, -0.25) is 9.69 Å². The Labute approximate surface area is 152 Å². The van der Waals surface area contributed by atoms with E-state index >= 15 is 0 Å².